The monoisotopic (exact) mass is 385 g/mol. The minimum atomic E-state index is -0.0702. The summed E-state index contributed by atoms with van der Waals surface area (Å²) in [4.78, 5) is 17.5. The number of nitriles is 1. The van der Waals surface area contributed by atoms with Crippen molar-refractivity contribution in [2.75, 3.05) is 18.4 Å². The van der Waals surface area contributed by atoms with Crippen LogP contribution in [0.15, 0.2) is 40.4 Å². The minimum absolute atomic E-state index is 0.0702. The Hall–Kier alpha value is -1.98. The molecular formula is C18H15N3OS3. The molecule has 0 radical (unpaired) electrons. The molecule has 0 aliphatic carbocycles. The van der Waals surface area contributed by atoms with Gasteiger partial charge < -0.3 is 5.32 Å². The normalized spacial score (nSPS) is 17.0. The number of fused-ring (bicyclic) bond motifs is 1. The SMILES string of the molecule is N#Cc1ccsc1NC(=O)CN1CCc2sccc2[C@H]1c1cccs1. The number of nitrogens with zero attached hydrogens (tertiary/aromatic N) is 2. The van der Waals surface area contributed by atoms with Crippen molar-refractivity contribution >= 4 is 44.9 Å². The van der Waals surface area contributed by atoms with Crippen LogP contribution >= 0.6 is 34.0 Å². The predicted octanol–water partition coefficient (Wildman–Crippen LogP) is 4.33. The molecule has 126 valence electrons. The summed E-state index contributed by atoms with van der Waals surface area (Å²) in [6.07, 6.45) is 0.977. The number of hydrogen-bond acceptors (Lipinski definition) is 6. The molecule has 3 aromatic rings. The Kier molecular flexibility index (Phi) is 4.68. The van der Waals surface area contributed by atoms with Gasteiger partial charge in [0.25, 0.3) is 0 Å². The van der Waals surface area contributed by atoms with Crippen LogP contribution in [0, 0.1) is 11.3 Å². The van der Waals surface area contributed by atoms with E-state index in [1.807, 2.05) is 5.38 Å². The number of hydrogen-bond donors (Lipinski definition) is 1. The summed E-state index contributed by atoms with van der Waals surface area (Å²) in [6, 6.07) is 10.4. The Morgan fingerprint density at radius 1 is 1.24 bits per heavy atom. The third-order valence-corrected chi connectivity index (χ3v) is 7.01. The molecule has 1 atom stereocenters. The summed E-state index contributed by atoms with van der Waals surface area (Å²) >= 11 is 4.91. The van der Waals surface area contributed by atoms with Gasteiger partial charge in [-0.15, -0.1) is 34.0 Å². The minimum Gasteiger partial charge on any atom is -0.315 e. The summed E-state index contributed by atoms with van der Waals surface area (Å²) < 4.78 is 0. The van der Waals surface area contributed by atoms with Gasteiger partial charge >= 0.3 is 0 Å². The Balaban J connectivity index is 1.55. The van der Waals surface area contributed by atoms with E-state index in [9.17, 15) is 4.79 Å². The average molecular weight is 386 g/mol. The third kappa shape index (κ3) is 3.26. The maximum absolute atomic E-state index is 12.6. The molecule has 0 saturated heterocycles. The first-order chi connectivity index (χ1) is 12.3. The number of anilines is 1. The van der Waals surface area contributed by atoms with Gasteiger partial charge in [-0.3, -0.25) is 9.69 Å². The third-order valence-electron chi connectivity index (χ3n) is 4.26. The second-order valence-electron chi connectivity index (χ2n) is 5.76. The van der Waals surface area contributed by atoms with E-state index in [0.717, 1.165) is 13.0 Å². The molecule has 7 heteroatoms. The predicted molar refractivity (Wildman–Crippen MR) is 103 cm³/mol. The van der Waals surface area contributed by atoms with Crippen LogP contribution in [0.3, 0.4) is 0 Å². The zero-order valence-corrected chi connectivity index (χ0v) is 15.7. The molecular weight excluding hydrogens is 370 g/mol. The molecule has 0 fully saturated rings. The van der Waals surface area contributed by atoms with Gasteiger partial charge in [-0.2, -0.15) is 5.26 Å². The second kappa shape index (κ2) is 7.10. The summed E-state index contributed by atoms with van der Waals surface area (Å²) in [5.74, 6) is -0.0702. The van der Waals surface area contributed by atoms with Crippen LogP contribution in [0.2, 0.25) is 0 Å². The Morgan fingerprint density at radius 3 is 2.92 bits per heavy atom. The Morgan fingerprint density at radius 2 is 2.12 bits per heavy atom. The largest absolute Gasteiger partial charge is 0.315 e. The zero-order chi connectivity index (χ0) is 17.2. The molecule has 1 aliphatic rings. The second-order valence-corrected chi connectivity index (χ2v) is 8.66. The van der Waals surface area contributed by atoms with Gasteiger partial charge in [0.1, 0.15) is 11.1 Å². The topological polar surface area (TPSA) is 56.1 Å². The molecule has 0 unspecified atom stereocenters. The highest BCUT2D eigenvalue weighted by Crippen LogP contribution is 2.39. The van der Waals surface area contributed by atoms with Crippen LogP contribution in [-0.4, -0.2) is 23.9 Å². The van der Waals surface area contributed by atoms with Gasteiger partial charge in [0, 0.05) is 16.3 Å². The van der Waals surface area contributed by atoms with Gasteiger partial charge in [0.05, 0.1) is 18.2 Å². The van der Waals surface area contributed by atoms with Gasteiger partial charge in [-0.1, -0.05) is 6.07 Å². The number of amides is 1. The van der Waals surface area contributed by atoms with Gasteiger partial charge in [-0.25, -0.2) is 0 Å². The molecule has 1 aliphatic heterocycles. The van der Waals surface area contributed by atoms with E-state index < -0.39 is 0 Å². The Labute approximate surface area is 158 Å². The number of carbonyl (C=O) groups excluding carboxylic acids is 1. The van der Waals surface area contributed by atoms with Crippen molar-refractivity contribution in [1.29, 1.82) is 5.26 Å². The summed E-state index contributed by atoms with van der Waals surface area (Å²) in [6.45, 7) is 1.18. The molecule has 0 aromatic carbocycles. The van der Waals surface area contributed by atoms with E-state index in [2.05, 4.69) is 45.2 Å². The fourth-order valence-electron chi connectivity index (χ4n) is 3.16. The number of thiophene rings is 3. The first-order valence-corrected chi connectivity index (χ1v) is 10.5. The van der Waals surface area contributed by atoms with Crippen molar-refractivity contribution in [2.45, 2.75) is 12.5 Å². The highest BCUT2D eigenvalue weighted by Gasteiger charge is 2.31. The fourth-order valence-corrected chi connectivity index (χ4v) is 5.70. The summed E-state index contributed by atoms with van der Waals surface area (Å²) in [5.41, 5.74) is 1.84. The molecule has 4 nitrogen and oxygen atoms in total. The van der Waals surface area contributed by atoms with Gasteiger partial charge in [0.2, 0.25) is 5.91 Å². The van der Waals surface area contributed by atoms with Crippen molar-refractivity contribution in [3.05, 3.63) is 61.3 Å². The van der Waals surface area contributed by atoms with Crippen LogP contribution in [0.5, 0.6) is 0 Å². The first-order valence-electron chi connectivity index (χ1n) is 7.87. The molecule has 1 amide bonds. The maximum atomic E-state index is 12.6. The van der Waals surface area contributed by atoms with Crippen LogP contribution < -0.4 is 5.32 Å². The average Bonchev–Trinajstić information content (AvgIpc) is 3.35. The van der Waals surface area contributed by atoms with E-state index in [0.29, 0.717) is 17.1 Å². The Bertz CT molecular complexity index is 920. The lowest BCUT2D eigenvalue weighted by Crippen LogP contribution is -2.40. The van der Waals surface area contributed by atoms with Crippen molar-refractivity contribution in [3.8, 4) is 6.07 Å². The van der Waals surface area contributed by atoms with E-state index in [1.54, 1.807) is 28.7 Å². The van der Waals surface area contributed by atoms with Gasteiger partial charge in [-0.05, 0) is 46.3 Å². The van der Waals surface area contributed by atoms with Gasteiger partial charge in [0.15, 0.2) is 0 Å². The smallest absolute Gasteiger partial charge is 0.239 e. The molecule has 1 N–H and O–H groups in total. The molecule has 3 aromatic heterocycles. The maximum Gasteiger partial charge on any atom is 0.239 e. The van der Waals surface area contributed by atoms with Crippen molar-refractivity contribution in [3.63, 3.8) is 0 Å². The van der Waals surface area contributed by atoms with E-state index in [4.69, 9.17) is 5.26 Å². The number of carbonyl (C=O) groups is 1. The number of nitrogens with one attached hydrogen (secondary N) is 1. The van der Waals surface area contributed by atoms with Crippen molar-refractivity contribution < 1.29 is 4.79 Å². The van der Waals surface area contributed by atoms with Crippen LogP contribution in [0.25, 0.3) is 0 Å². The lowest BCUT2D eigenvalue weighted by atomic mass is 9.98. The quantitative estimate of drug-likeness (QED) is 0.727. The molecule has 0 saturated carbocycles. The van der Waals surface area contributed by atoms with Crippen LogP contribution in [-0.2, 0) is 11.2 Å². The first kappa shape index (κ1) is 16.5. The molecule has 0 bridgehead atoms. The lowest BCUT2D eigenvalue weighted by molar-refractivity contribution is -0.117. The van der Waals surface area contributed by atoms with Crippen molar-refractivity contribution in [1.82, 2.24) is 4.90 Å². The highest BCUT2D eigenvalue weighted by molar-refractivity contribution is 7.14. The fraction of sp³-hybridized carbons (Fsp3) is 0.222. The number of rotatable bonds is 4. The summed E-state index contributed by atoms with van der Waals surface area (Å²) in [7, 11) is 0. The zero-order valence-electron chi connectivity index (χ0n) is 13.3. The van der Waals surface area contributed by atoms with Crippen molar-refractivity contribution in [2.24, 2.45) is 0 Å². The van der Waals surface area contributed by atoms with E-state index >= 15 is 0 Å². The lowest BCUT2D eigenvalue weighted by Gasteiger charge is -2.34. The standard InChI is InChI=1S/C18H15N3OS3/c19-10-12-4-8-25-18(12)20-16(22)11-21-6-3-14-13(5-9-24-14)17(21)15-2-1-7-23-15/h1-2,4-5,7-9,17H,3,6,11H2,(H,20,22)/t17-/m0/s1. The van der Waals surface area contributed by atoms with E-state index in [1.165, 1.54) is 26.7 Å². The molecule has 25 heavy (non-hydrogen) atoms. The van der Waals surface area contributed by atoms with Crippen LogP contribution in [0.1, 0.15) is 26.9 Å². The van der Waals surface area contributed by atoms with E-state index in [-0.39, 0.29) is 11.9 Å². The molecule has 4 heterocycles. The summed E-state index contributed by atoms with van der Waals surface area (Å²) in [5, 5.41) is 18.7. The highest BCUT2D eigenvalue weighted by atomic mass is 32.1. The van der Waals surface area contributed by atoms with Crippen LogP contribution in [0.4, 0.5) is 5.00 Å². The molecule has 4 rings (SSSR count). The molecule has 0 spiro atoms.